The summed E-state index contributed by atoms with van der Waals surface area (Å²) in [4.78, 5) is -1.37. The Bertz CT molecular complexity index is 1380. The van der Waals surface area contributed by atoms with E-state index in [1.165, 1.54) is 19.1 Å². The smallest absolute Gasteiger partial charge is 0.264 e. The van der Waals surface area contributed by atoms with Gasteiger partial charge in [-0.3, -0.25) is 9.44 Å². The maximum absolute atomic E-state index is 14.0. The lowest BCUT2D eigenvalue weighted by atomic mass is 10.2. The molecule has 0 saturated carbocycles. The van der Waals surface area contributed by atoms with Crippen molar-refractivity contribution in [1.82, 2.24) is 0 Å². The van der Waals surface area contributed by atoms with Gasteiger partial charge in [-0.2, -0.15) is 0 Å². The molecule has 0 radical (unpaired) electrons. The van der Waals surface area contributed by atoms with Gasteiger partial charge >= 0.3 is 0 Å². The Morgan fingerprint density at radius 1 is 0.742 bits per heavy atom. The van der Waals surface area contributed by atoms with Crippen molar-refractivity contribution < 1.29 is 30.0 Å². The zero-order chi connectivity index (χ0) is 23.0. The second-order valence-electron chi connectivity index (χ2n) is 6.73. The van der Waals surface area contributed by atoms with Gasteiger partial charge in [-0.05, 0) is 61.4 Å². The molecule has 0 atom stereocenters. The minimum atomic E-state index is -4.68. The third-order valence-corrected chi connectivity index (χ3v) is 7.09. The van der Waals surface area contributed by atoms with Crippen molar-refractivity contribution >= 4 is 31.4 Å². The Morgan fingerprint density at radius 3 is 2.13 bits per heavy atom. The molecule has 0 aliphatic rings. The fourth-order valence-electron chi connectivity index (χ4n) is 2.72. The maximum Gasteiger partial charge on any atom is 0.264 e. The summed E-state index contributed by atoms with van der Waals surface area (Å²) >= 11 is 0. The number of hydrogen-bond donors (Lipinski definition) is 2. The Morgan fingerprint density at radius 2 is 1.45 bits per heavy atom. The number of rotatable bonds is 6. The SMILES string of the molecule is Cc1cccc(NS(=O)(=O)c2ccc(C)c(NS(=O)(=O)c3ccc(F)c(F)c3F)c2)c1. The van der Waals surface area contributed by atoms with Crippen LogP contribution in [0.1, 0.15) is 11.1 Å². The Balaban J connectivity index is 1.97. The molecule has 6 nitrogen and oxygen atoms in total. The average Bonchev–Trinajstić information content (AvgIpc) is 2.67. The van der Waals surface area contributed by atoms with Gasteiger partial charge in [0.1, 0.15) is 4.90 Å². The van der Waals surface area contributed by atoms with E-state index < -0.39 is 42.4 Å². The van der Waals surface area contributed by atoms with E-state index in [9.17, 15) is 30.0 Å². The number of sulfonamides is 2. The van der Waals surface area contributed by atoms with Gasteiger partial charge < -0.3 is 0 Å². The summed E-state index contributed by atoms with van der Waals surface area (Å²) in [5.41, 5.74) is 1.29. The number of aryl methyl sites for hydroxylation is 2. The van der Waals surface area contributed by atoms with Crippen molar-refractivity contribution in [1.29, 1.82) is 0 Å². The highest BCUT2D eigenvalue weighted by Crippen LogP contribution is 2.27. The lowest BCUT2D eigenvalue weighted by Gasteiger charge is -2.14. The molecule has 2 N–H and O–H groups in total. The van der Waals surface area contributed by atoms with Crippen LogP contribution in [0.25, 0.3) is 0 Å². The van der Waals surface area contributed by atoms with E-state index in [1.54, 1.807) is 31.2 Å². The van der Waals surface area contributed by atoms with E-state index in [0.717, 1.165) is 11.6 Å². The van der Waals surface area contributed by atoms with Gasteiger partial charge in [0.25, 0.3) is 20.0 Å². The number of benzene rings is 3. The van der Waals surface area contributed by atoms with E-state index >= 15 is 0 Å². The molecule has 0 aliphatic heterocycles. The number of nitrogens with one attached hydrogen (secondary N) is 2. The minimum absolute atomic E-state index is 0.170. The highest BCUT2D eigenvalue weighted by Gasteiger charge is 2.25. The van der Waals surface area contributed by atoms with Crippen molar-refractivity contribution in [2.75, 3.05) is 9.44 Å². The van der Waals surface area contributed by atoms with Gasteiger partial charge in [0.2, 0.25) is 0 Å². The highest BCUT2D eigenvalue weighted by atomic mass is 32.2. The fourth-order valence-corrected chi connectivity index (χ4v) is 4.98. The van der Waals surface area contributed by atoms with E-state index in [1.807, 2.05) is 4.72 Å². The van der Waals surface area contributed by atoms with Crippen LogP contribution in [0, 0.1) is 31.3 Å². The molecule has 3 aromatic rings. The Labute approximate surface area is 177 Å². The molecule has 11 heteroatoms. The van der Waals surface area contributed by atoms with Crippen LogP contribution in [-0.2, 0) is 20.0 Å². The first-order valence-corrected chi connectivity index (χ1v) is 11.7. The predicted octanol–water partition coefficient (Wildman–Crippen LogP) is 4.32. The van der Waals surface area contributed by atoms with Crippen LogP contribution >= 0.6 is 0 Å². The molecular formula is C20H17F3N2O4S2. The minimum Gasteiger partial charge on any atom is -0.280 e. The predicted molar refractivity (Wildman–Crippen MR) is 110 cm³/mol. The third-order valence-electron chi connectivity index (χ3n) is 4.32. The molecule has 0 heterocycles. The molecule has 0 saturated heterocycles. The van der Waals surface area contributed by atoms with Crippen molar-refractivity contribution in [3.63, 3.8) is 0 Å². The monoisotopic (exact) mass is 470 g/mol. The zero-order valence-corrected chi connectivity index (χ0v) is 17.9. The normalized spacial score (nSPS) is 11.9. The maximum atomic E-state index is 14.0. The first-order valence-electron chi connectivity index (χ1n) is 8.77. The van der Waals surface area contributed by atoms with Crippen LogP contribution in [0.2, 0.25) is 0 Å². The highest BCUT2D eigenvalue weighted by molar-refractivity contribution is 7.93. The van der Waals surface area contributed by atoms with Gasteiger partial charge in [0.05, 0.1) is 10.6 Å². The third kappa shape index (κ3) is 4.83. The first kappa shape index (κ1) is 22.6. The van der Waals surface area contributed by atoms with Crippen LogP contribution in [0.5, 0.6) is 0 Å². The van der Waals surface area contributed by atoms with Gasteiger partial charge in [-0.25, -0.2) is 30.0 Å². The van der Waals surface area contributed by atoms with Crippen molar-refractivity contribution in [3.05, 3.63) is 83.2 Å². The zero-order valence-electron chi connectivity index (χ0n) is 16.3. The summed E-state index contributed by atoms with van der Waals surface area (Å²) in [6.45, 7) is 3.28. The largest absolute Gasteiger partial charge is 0.280 e. The number of anilines is 2. The quantitative estimate of drug-likeness (QED) is 0.525. The molecule has 3 rings (SSSR count). The Kier molecular flexibility index (Phi) is 6.01. The van der Waals surface area contributed by atoms with Gasteiger partial charge in [0, 0.05) is 5.69 Å². The molecule has 0 fully saturated rings. The molecule has 31 heavy (non-hydrogen) atoms. The van der Waals surface area contributed by atoms with Crippen LogP contribution < -0.4 is 9.44 Å². The summed E-state index contributed by atoms with van der Waals surface area (Å²) in [7, 11) is -8.76. The van der Waals surface area contributed by atoms with E-state index in [2.05, 4.69) is 4.72 Å². The number of halogens is 3. The van der Waals surface area contributed by atoms with Crippen molar-refractivity contribution in [2.45, 2.75) is 23.6 Å². The average molecular weight is 470 g/mol. The first-order chi connectivity index (χ1) is 14.4. The second-order valence-corrected chi connectivity index (χ2v) is 10.1. The van der Waals surface area contributed by atoms with Crippen molar-refractivity contribution in [2.24, 2.45) is 0 Å². The molecule has 0 bridgehead atoms. The van der Waals surface area contributed by atoms with E-state index in [0.29, 0.717) is 23.4 Å². The number of hydrogen-bond acceptors (Lipinski definition) is 4. The van der Waals surface area contributed by atoms with Gasteiger partial charge in [-0.15, -0.1) is 0 Å². The molecular weight excluding hydrogens is 453 g/mol. The Hall–Kier alpha value is -3.05. The summed E-state index contributed by atoms with van der Waals surface area (Å²) in [5, 5.41) is 0. The summed E-state index contributed by atoms with van der Waals surface area (Å²) in [6.07, 6.45) is 0. The molecule has 0 amide bonds. The van der Waals surface area contributed by atoms with E-state index in [4.69, 9.17) is 0 Å². The lowest BCUT2D eigenvalue weighted by Crippen LogP contribution is -2.18. The molecule has 3 aromatic carbocycles. The van der Waals surface area contributed by atoms with Crippen LogP contribution in [0.15, 0.2) is 64.4 Å². The van der Waals surface area contributed by atoms with Crippen molar-refractivity contribution in [3.8, 4) is 0 Å². The fraction of sp³-hybridized carbons (Fsp3) is 0.100. The summed E-state index contributed by atoms with van der Waals surface area (Å²) in [6, 6.07) is 11.3. The molecule has 0 aromatic heterocycles. The van der Waals surface area contributed by atoms with Crippen LogP contribution in [0.4, 0.5) is 24.5 Å². The topological polar surface area (TPSA) is 92.3 Å². The van der Waals surface area contributed by atoms with Crippen LogP contribution in [0.3, 0.4) is 0 Å². The van der Waals surface area contributed by atoms with Crippen LogP contribution in [-0.4, -0.2) is 16.8 Å². The summed E-state index contributed by atoms with van der Waals surface area (Å²) < 4.78 is 95.4. The van der Waals surface area contributed by atoms with E-state index in [-0.39, 0.29) is 10.6 Å². The summed E-state index contributed by atoms with van der Waals surface area (Å²) in [5.74, 6) is -5.35. The van der Waals surface area contributed by atoms with Gasteiger partial charge in [0.15, 0.2) is 17.5 Å². The molecule has 0 spiro atoms. The molecule has 164 valence electrons. The lowest BCUT2D eigenvalue weighted by molar-refractivity contribution is 0.432. The molecule has 0 aliphatic carbocycles. The second kappa shape index (κ2) is 8.23. The van der Waals surface area contributed by atoms with Gasteiger partial charge in [-0.1, -0.05) is 18.2 Å². The molecule has 0 unspecified atom stereocenters. The standard InChI is InChI=1S/C20H17F3N2O4S2/c1-12-4-3-5-14(10-12)24-30(26,27)15-7-6-13(2)17(11-15)25-31(28,29)18-9-8-16(21)19(22)20(18)23/h3-11,24-25H,1-2H3.